The molecule has 1 aliphatic rings. The molecule has 144 valence electrons. The third kappa shape index (κ3) is 3.32. The molecule has 0 atom stereocenters. The first-order chi connectivity index (χ1) is 14.3. The maximum Gasteiger partial charge on any atom is 0.256 e. The van der Waals surface area contributed by atoms with Gasteiger partial charge in [0.05, 0.1) is 18.7 Å². The van der Waals surface area contributed by atoms with Gasteiger partial charge in [-0.25, -0.2) is 0 Å². The van der Waals surface area contributed by atoms with Crippen LogP contribution in [0.3, 0.4) is 0 Å². The molecule has 3 aromatic carbocycles. The van der Waals surface area contributed by atoms with Gasteiger partial charge in [-0.15, -0.1) is 0 Å². The highest BCUT2D eigenvalue weighted by atomic mass is 16.5. The summed E-state index contributed by atoms with van der Waals surface area (Å²) in [5.41, 5.74) is 4.94. The van der Waals surface area contributed by atoms with Gasteiger partial charge in [0.1, 0.15) is 0 Å². The Morgan fingerprint density at radius 2 is 1.41 bits per heavy atom. The Morgan fingerprint density at radius 1 is 0.724 bits per heavy atom. The highest BCUT2D eigenvalue weighted by molar-refractivity contribution is 5.97. The number of hydrogen-bond acceptors (Lipinski definition) is 3. The quantitative estimate of drug-likeness (QED) is 0.523. The highest BCUT2D eigenvalue weighted by Gasteiger charge is 2.16. The molecule has 0 amide bonds. The summed E-state index contributed by atoms with van der Waals surface area (Å²) in [6.45, 7) is 3.25. The van der Waals surface area contributed by atoms with Crippen molar-refractivity contribution in [2.75, 3.05) is 31.2 Å². The van der Waals surface area contributed by atoms with Crippen LogP contribution >= 0.6 is 0 Å². The molecule has 0 bridgehead atoms. The largest absolute Gasteiger partial charge is 0.378 e. The van der Waals surface area contributed by atoms with Crippen LogP contribution in [0.4, 0.5) is 5.69 Å². The molecule has 0 saturated carbocycles. The molecule has 4 aromatic rings. The predicted octanol–water partition coefficient (Wildman–Crippen LogP) is 4.49. The van der Waals surface area contributed by atoms with Gasteiger partial charge < -0.3 is 9.64 Å². The molecule has 1 aromatic heterocycles. The maximum absolute atomic E-state index is 13.2. The number of aromatic nitrogens is 1. The van der Waals surface area contributed by atoms with Crippen LogP contribution in [0.5, 0.6) is 0 Å². The minimum absolute atomic E-state index is 0.0262. The second kappa shape index (κ2) is 7.57. The molecule has 29 heavy (non-hydrogen) atoms. The fraction of sp³-hybridized carbons (Fsp3) is 0.160. The molecule has 1 aliphatic heterocycles. The number of rotatable bonds is 3. The van der Waals surface area contributed by atoms with E-state index >= 15 is 0 Å². The number of para-hydroxylation sites is 1. The van der Waals surface area contributed by atoms with Crippen LogP contribution in [0.2, 0.25) is 0 Å². The average Bonchev–Trinajstić information content (AvgIpc) is 2.80. The van der Waals surface area contributed by atoms with Crippen LogP contribution in [-0.4, -0.2) is 30.9 Å². The van der Waals surface area contributed by atoms with Crippen molar-refractivity contribution in [1.82, 2.24) is 4.57 Å². The molecule has 4 heteroatoms. The molecule has 0 aliphatic carbocycles. The van der Waals surface area contributed by atoms with Crippen LogP contribution in [0.25, 0.3) is 27.7 Å². The van der Waals surface area contributed by atoms with Crippen LogP contribution in [0, 0.1) is 0 Å². The number of fused-ring (bicyclic) bond motifs is 1. The number of ether oxygens (including phenoxy) is 1. The number of pyridine rings is 1. The van der Waals surface area contributed by atoms with Crippen molar-refractivity contribution >= 4 is 16.6 Å². The van der Waals surface area contributed by atoms with Crippen molar-refractivity contribution in [3.63, 3.8) is 0 Å². The van der Waals surface area contributed by atoms with E-state index in [1.54, 1.807) is 10.6 Å². The number of anilines is 1. The Kier molecular flexibility index (Phi) is 4.62. The first-order valence-electron chi connectivity index (χ1n) is 9.95. The predicted molar refractivity (Wildman–Crippen MR) is 118 cm³/mol. The molecule has 4 nitrogen and oxygen atoms in total. The van der Waals surface area contributed by atoms with Crippen LogP contribution < -0.4 is 10.5 Å². The lowest BCUT2D eigenvalue weighted by Gasteiger charge is -2.29. The van der Waals surface area contributed by atoms with Crippen LogP contribution in [0.1, 0.15) is 0 Å². The first-order valence-corrected chi connectivity index (χ1v) is 9.95. The molecule has 1 saturated heterocycles. The van der Waals surface area contributed by atoms with Crippen molar-refractivity contribution in [3.8, 4) is 16.8 Å². The Bertz CT molecular complexity index is 1190. The van der Waals surface area contributed by atoms with Gasteiger partial charge in [0.25, 0.3) is 5.56 Å². The lowest BCUT2D eigenvalue weighted by molar-refractivity contribution is 0.122. The van der Waals surface area contributed by atoms with Gasteiger partial charge >= 0.3 is 0 Å². The fourth-order valence-electron chi connectivity index (χ4n) is 4.04. The molecule has 0 radical (unpaired) electrons. The van der Waals surface area contributed by atoms with Crippen molar-refractivity contribution in [2.45, 2.75) is 0 Å². The minimum Gasteiger partial charge on any atom is -0.378 e. The Balaban J connectivity index is 1.78. The third-order valence-corrected chi connectivity index (χ3v) is 5.47. The van der Waals surface area contributed by atoms with Gasteiger partial charge in [0.15, 0.2) is 0 Å². The second-order valence-electron chi connectivity index (χ2n) is 7.23. The molecular formula is C25H22N2O2. The minimum atomic E-state index is -0.0262. The summed E-state index contributed by atoms with van der Waals surface area (Å²) >= 11 is 0. The molecule has 2 heterocycles. The summed E-state index contributed by atoms with van der Waals surface area (Å²) < 4.78 is 7.30. The SMILES string of the molecule is O=c1cc(-c2ccccc2)c2cc(N3CCOCC3)ccc2n1-c1ccccc1. The van der Waals surface area contributed by atoms with Gasteiger partial charge in [-0.2, -0.15) is 0 Å². The summed E-state index contributed by atoms with van der Waals surface area (Å²) in [6.07, 6.45) is 0. The van der Waals surface area contributed by atoms with E-state index in [4.69, 9.17) is 4.74 Å². The molecule has 0 unspecified atom stereocenters. The summed E-state index contributed by atoms with van der Waals surface area (Å²) in [5, 5.41) is 1.07. The Labute approximate surface area is 169 Å². The Hall–Kier alpha value is -3.37. The van der Waals surface area contributed by atoms with Gasteiger partial charge in [0, 0.05) is 35.9 Å². The molecular weight excluding hydrogens is 360 g/mol. The van der Waals surface area contributed by atoms with Crippen LogP contribution in [0.15, 0.2) is 89.7 Å². The smallest absolute Gasteiger partial charge is 0.256 e. The van der Waals surface area contributed by atoms with E-state index in [1.165, 1.54) is 0 Å². The number of morpholine rings is 1. The first kappa shape index (κ1) is 17.7. The van der Waals surface area contributed by atoms with Gasteiger partial charge in [-0.3, -0.25) is 9.36 Å². The van der Waals surface area contributed by atoms with Gasteiger partial charge in [-0.1, -0.05) is 48.5 Å². The molecule has 5 rings (SSSR count). The molecule has 0 N–H and O–H groups in total. The highest BCUT2D eigenvalue weighted by Crippen LogP contribution is 2.31. The summed E-state index contributed by atoms with van der Waals surface area (Å²) in [4.78, 5) is 15.5. The van der Waals surface area contributed by atoms with E-state index < -0.39 is 0 Å². The number of nitrogens with zero attached hydrogens (tertiary/aromatic N) is 2. The van der Waals surface area contributed by atoms with E-state index in [9.17, 15) is 4.79 Å². The van der Waals surface area contributed by atoms with Crippen molar-refractivity contribution < 1.29 is 4.74 Å². The Morgan fingerprint density at radius 3 is 2.14 bits per heavy atom. The summed E-state index contributed by atoms with van der Waals surface area (Å²) in [7, 11) is 0. The summed E-state index contributed by atoms with van der Waals surface area (Å²) in [5.74, 6) is 0. The number of benzene rings is 3. The lowest BCUT2D eigenvalue weighted by Crippen LogP contribution is -2.36. The van der Waals surface area contributed by atoms with E-state index in [0.29, 0.717) is 0 Å². The molecule has 0 spiro atoms. The third-order valence-electron chi connectivity index (χ3n) is 5.47. The monoisotopic (exact) mass is 382 g/mol. The normalized spacial score (nSPS) is 14.3. The van der Waals surface area contributed by atoms with Crippen LogP contribution in [-0.2, 0) is 4.74 Å². The van der Waals surface area contributed by atoms with Crippen molar-refractivity contribution in [2.24, 2.45) is 0 Å². The van der Waals surface area contributed by atoms with Crippen molar-refractivity contribution in [1.29, 1.82) is 0 Å². The second-order valence-corrected chi connectivity index (χ2v) is 7.23. The van der Waals surface area contributed by atoms with E-state index in [1.807, 2.05) is 48.5 Å². The number of hydrogen-bond donors (Lipinski definition) is 0. The fourth-order valence-corrected chi connectivity index (χ4v) is 4.04. The van der Waals surface area contributed by atoms with Gasteiger partial charge in [-0.05, 0) is 41.5 Å². The zero-order valence-electron chi connectivity index (χ0n) is 16.1. The maximum atomic E-state index is 13.2. The standard InChI is InChI=1S/C25H22N2O2/c28-25-18-22(19-7-3-1-4-8-19)23-17-21(26-13-15-29-16-14-26)11-12-24(23)27(25)20-9-5-2-6-10-20/h1-12,17-18H,13-16H2. The summed E-state index contributed by atoms with van der Waals surface area (Å²) in [6, 6.07) is 28.1. The van der Waals surface area contributed by atoms with E-state index in [2.05, 4.69) is 35.2 Å². The van der Waals surface area contributed by atoms with E-state index in [-0.39, 0.29) is 5.56 Å². The lowest BCUT2D eigenvalue weighted by atomic mass is 10.00. The average molecular weight is 382 g/mol. The van der Waals surface area contributed by atoms with E-state index in [0.717, 1.165) is 59.7 Å². The molecule has 1 fully saturated rings. The van der Waals surface area contributed by atoms with Gasteiger partial charge in [0.2, 0.25) is 0 Å². The topological polar surface area (TPSA) is 34.5 Å². The zero-order valence-corrected chi connectivity index (χ0v) is 16.1. The van der Waals surface area contributed by atoms with Crippen molar-refractivity contribution in [3.05, 3.63) is 95.3 Å². The zero-order chi connectivity index (χ0) is 19.6.